The Morgan fingerprint density at radius 2 is 1.27 bits per heavy atom. The number of ether oxygens (including phenoxy) is 2. The molecule has 1 atom stereocenters. The number of aliphatic hydroxyl groups excluding tert-OH is 2. The first-order valence-electron chi connectivity index (χ1n) is 10.2. The van der Waals surface area contributed by atoms with Crippen LogP contribution in [0.4, 0.5) is 9.59 Å². The molecule has 0 unspecified atom stereocenters. The molecule has 2 fully saturated rings. The van der Waals surface area contributed by atoms with E-state index in [4.69, 9.17) is 28.7 Å². The van der Waals surface area contributed by atoms with E-state index < -0.39 is 32.1 Å². The standard InChI is InChI=1S/C10H19NO4.C10H17NO2.4O.Os/c1-10(2,3)15-9(14)11-4-7(5-11)8(13)6-12;1-5-8-6-11(7-8)9(12)13-10(2,3)4;;;;;/h7-8,12-13H,4-6H2,1-3H3;5,8H,1,6-7H2,2-4H3;;;;;/t8-;;;;;;/m1....../s1. The number of amides is 2. The first kappa shape index (κ1) is 31.0. The number of nitrogens with zero attached hydrogens (tertiary/aromatic N) is 2. The van der Waals surface area contributed by atoms with E-state index in [1.54, 1.807) is 4.90 Å². The van der Waals surface area contributed by atoms with Gasteiger partial charge in [-0.3, -0.25) is 0 Å². The molecule has 2 aliphatic heterocycles. The van der Waals surface area contributed by atoms with Gasteiger partial charge < -0.3 is 29.5 Å². The summed E-state index contributed by atoms with van der Waals surface area (Å²) in [5.74, 6) is 0.426. The molecule has 2 heterocycles. The average Bonchev–Trinajstić information content (AvgIpc) is 2.47. The summed E-state index contributed by atoms with van der Waals surface area (Å²) in [5, 5.41) is 18.0. The number of hydrogen-bond donors (Lipinski definition) is 2. The molecule has 33 heavy (non-hydrogen) atoms. The van der Waals surface area contributed by atoms with Gasteiger partial charge in [0.2, 0.25) is 0 Å². The van der Waals surface area contributed by atoms with Crippen LogP contribution in [0.2, 0.25) is 0 Å². The van der Waals surface area contributed by atoms with Crippen LogP contribution in [0, 0.1) is 11.8 Å². The van der Waals surface area contributed by atoms with Crippen LogP contribution in [0.1, 0.15) is 41.5 Å². The molecule has 0 aromatic rings. The third kappa shape index (κ3) is 14.7. The van der Waals surface area contributed by atoms with Crippen molar-refractivity contribution in [3.05, 3.63) is 12.7 Å². The molecule has 2 amide bonds. The Morgan fingerprint density at radius 3 is 1.55 bits per heavy atom. The van der Waals surface area contributed by atoms with Crippen LogP contribution >= 0.6 is 0 Å². The molecule has 0 saturated carbocycles. The van der Waals surface area contributed by atoms with E-state index in [0.29, 0.717) is 19.0 Å². The zero-order valence-electron chi connectivity index (χ0n) is 20.0. The Hall–Kier alpha value is -1.96. The summed E-state index contributed by atoms with van der Waals surface area (Å²) in [7, 11) is 0. The van der Waals surface area contributed by atoms with E-state index >= 15 is 0 Å². The number of carbonyl (C=O) groups excluding carboxylic acids is 2. The van der Waals surface area contributed by atoms with Crippen molar-refractivity contribution in [1.82, 2.24) is 9.80 Å². The summed E-state index contributed by atoms with van der Waals surface area (Å²) in [5.41, 5.74) is -0.881. The maximum atomic E-state index is 11.5. The van der Waals surface area contributed by atoms with E-state index in [1.807, 2.05) is 47.6 Å². The van der Waals surface area contributed by atoms with Crippen molar-refractivity contribution in [2.45, 2.75) is 58.8 Å². The second-order valence-corrected chi connectivity index (χ2v) is 12.2. The minimum absolute atomic E-state index is 0.0254. The number of aliphatic hydroxyl groups is 2. The van der Waals surface area contributed by atoms with Crippen LogP contribution in [0.25, 0.3) is 0 Å². The van der Waals surface area contributed by atoms with Gasteiger partial charge in [-0.2, -0.15) is 0 Å². The quantitative estimate of drug-likeness (QED) is 0.428. The second kappa shape index (κ2) is 12.5. The topological polar surface area (TPSA) is 168 Å². The van der Waals surface area contributed by atoms with E-state index in [-0.39, 0.29) is 24.7 Å². The number of rotatable bonds is 3. The van der Waals surface area contributed by atoms with Gasteiger partial charge in [0.25, 0.3) is 0 Å². The van der Waals surface area contributed by atoms with Gasteiger partial charge in [-0.15, -0.1) is 6.58 Å². The van der Waals surface area contributed by atoms with Crippen molar-refractivity contribution in [3.8, 4) is 0 Å². The first-order chi connectivity index (χ1) is 14.8. The number of hydrogen-bond acceptors (Lipinski definition) is 10. The molecular formula is C20H36N2O10Os. The van der Waals surface area contributed by atoms with Gasteiger partial charge in [-0.05, 0) is 41.5 Å². The third-order valence-electron chi connectivity index (χ3n) is 4.19. The SMILES string of the molecule is C=CC1CN(C(=O)OC(C)(C)C)C1.CC(C)(C)OC(=O)N1CC([C@H](O)CO)C1.[O]=[Os](=[O])(=[O])=[O]. The van der Waals surface area contributed by atoms with Gasteiger partial charge in [-0.25, -0.2) is 9.59 Å². The molecule has 194 valence electrons. The van der Waals surface area contributed by atoms with E-state index in [2.05, 4.69) is 6.58 Å². The van der Waals surface area contributed by atoms with Crippen molar-refractivity contribution in [2.24, 2.45) is 11.8 Å². The second-order valence-electron chi connectivity index (χ2n) is 9.63. The van der Waals surface area contributed by atoms with Gasteiger partial charge in [0, 0.05) is 38.0 Å². The molecule has 0 aromatic carbocycles. The van der Waals surface area contributed by atoms with Crippen molar-refractivity contribution in [1.29, 1.82) is 0 Å². The average molecular weight is 655 g/mol. The zero-order valence-corrected chi connectivity index (χ0v) is 22.5. The summed E-state index contributed by atoms with van der Waals surface area (Å²) < 4.78 is 44.9. The van der Waals surface area contributed by atoms with Crippen molar-refractivity contribution >= 4 is 12.2 Å². The molecule has 0 radical (unpaired) electrons. The third-order valence-corrected chi connectivity index (χ3v) is 4.19. The fourth-order valence-corrected chi connectivity index (χ4v) is 2.52. The Kier molecular flexibility index (Phi) is 11.7. The molecule has 2 saturated heterocycles. The molecule has 2 N–H and O–H groups in total. The predicted molar refractivity (Wildman–Crippen MR) is 109 cm³/mol. The van der Waals surface area contributed by atoms with Crippen LogP contribution in [0.15, 0.2) is 12.7 Å². The fourth-order valence-electron chi connectivity index (χ4n) is 2.52. The summed E-state index contributed by atoms with van der Waals surface area (Å²) in [6, 6.07) is 0. The zero-order chi connectivity index (χ0) is 26.2. The molecule has 0 aliphatic carbocycles. The summed E-state index contributed by atoms with van der Waals surface area (Å²) >= 11 is -6.06. The van der Waals surface area contributed by atoms with Crippen molar-refractivity contribution < 1.29 is 58.3 Å². The summed E-state index contributed by atoms with van der Waals surface area (Å²) in [6.07, 6.45) is 0.569. The molecule has 2 rings (SSSR count). The maximum absolute atomic E-state index is 11.5. The van der Waals surface area contributed by atoms with Gasteiger partial charge in [-0.1, -0.05) is 6.08 Å². The Morgan fingerprint density at radius 1 is 0.939 bits per heavy atom. The molecule has 0 bridgehead atoms. The van der Waals surface area contributed by atoms with Crippen LogP contribution in [-0.2, 0) is 38.5 Å². The minimum atomic E-state index is -6.06. The van der Waals surface area contributed by atoms with Gasteiger partial charge >= 0.3 is 41.2 Å². The molecule has 13 heteroatoms. The molecule has 12 nitrogen and oxygen atoms in total. The van der Waals surface area contributed by atoms with Crippen LogP contribution in [0.5, 0.6) is 0 Å². The van der Waals surface area contributed by atoms with Crippen molar-refractivity contribution in [2.75, 3.05) is 32.8 Å². The normalized spacial score (nSPS) is 17.7. The number of carbonyl (C=O) groups is 2. The molecular weight excluding hydrogens is 618 g/mol. The van der Waals surface area contributed by atoms with E-state index in [0.717, 1.165) is 13.1 Å². The fraction of sp³-hybridized carbons (Fsp3) is 0.800. The summed E-state index contributed by atoms with van der Waals surface area (Å²) in [6.45, 7) is 16.9. The van der Waals surface area contributed by atoms with Gasteiger partial charge in [0.1, 0.15) is 11.2 Å². The number of likely N-dealkylation sites (tertiary alicyclic amines) is 2. The molecule has 0 spiro atoms. The van der Waals surface area contributed by atoms with Crippen LogP contribution in [0.3, 0.4) is 0 Å². The Balaban J connectivity index is 0.000000520. The summed E-state index contributed by atoms with van der Waals surface area (Å²) in [4.78, 5) is 26.0. The van der Waals surface area contributed by atoms with Crippen molar-refractivity contribution in [3.63, 3.8) is 0 Å². The first-order valence-corrected chi connectivity index (χ1v) is 14.4. The van der Waals surface area contributed by atoms with Crippen LogP contribution < -0.4 is 0 Å². The van der Waals surface area contributed by atoms with E-state index in [1.165, 1.54) is 4.90 Å². The predicted octanol–water partition coefficient (Wildman–Crippen LogP) is 1.77. The van der Waals surface area contributed by atoms with E-state index in [9.17, 15) is 14.7 Å². The van der Waals surface area contributed by atoms with Gasteiger partial charge in [0.15, 0.2) is 0 Å². The van der Waals surface area contributed by atoms with Gasteiger partial charge in [0.05, 0.1) is 12.7 Å². The monoisotopic (exact) mass is 656 g/mol. The Labute approximate surface area is 196 Å². The van der Waals surface area contributed by atoms with Crippen LogP contribution in [-0.4, -0.2) is 82.3 Å². The molecule has 2 aliphatic rings. The molecule has 0 aromatic heterocycles. The Bertz CT molecular complexity index is 851.